The molecule has 8 heteroatoms. The first-order valence-corrected chi connectivity index (χ1v) is 9.18. The second kappa shape index (κ2) is 5.71. The largest absolute Gasteiger partial charge is 0.399 e. The zero-order chi connectivity index (χ0) is 15.0. The Morgan fingerprint density at radius 3 is 2.65 bits per heavy atom. The Morgan fingerprint density at radius 2 is 2.15 bits per heavy atom. The summed E-state index contributed by atoms with van der Waals surface area (Å²) in [5.74, 6) is -0.972. The van der Waals surface area contributed by atoms with Crippen LogP contribution in [-0.4, -0.2) is 26.0 Å². The molecule has 2 rings (SSSR count). The molecule has 0 atom stereocenters. The topological polar surface area (TPSA) is 72.2 Å². The summed E-state index contributed by atoms with van der Waals surface area (Å²) in [5, 5.41) is -0.298. The molecule has 3 N–H and O–H groups in total. The Labute approximate surface area is 127 Å². The van der Waals surface area contributed by atoms with Crippen LogP contribution >= 0.6 is 23.4 Å². The highest BCUT2D eigenvalue weighted by Crippen LogP contribution is 2.42. The maximum atomic E-state index is 13.9. The maximum absolute atomic E-state index is 13.9. The summed E-state index contributed by atoms with van der Waals surface area (Å²) in [6, 6.07) is 2.27. The highest BCUT2D eigenvalue weighted by Gasteiger charge is 2.37. The van der Waals surface area contributed by atoms with Gasteiger partial charge < -0.3 is 5.73 Å². The molecular formula is C12H16ClFN2O2S2. The number of nitrogens with two attached hydrogens (primary N) is 1. The molecule has 20 heavy (non-hydrogen) atoms. The molecule has 0 aromatic heterocycles. The zero-order valence-electron chi connectivity index (χ0n) is 10.9. The van der Waals surface area contributed by atoms with Gasteiger partial charge in [-0.15, -0.1) is 0 Å². The van der Waals surface area contributed by atoms with E-state index in [9.17, 15) is 12.8 Å². The third kappa shape index (κ3) is 3.05. The van der Waals surface area contributed by atoms with Crippen LogP contribution in [0.1, 0.15) is 19.3 Å². The van der Waals surface area contributed by atoms with Crippen molar-refractivity contribution in [1.29, 1.82) is 0 Å². The van der Waals surface area contributed by atoms with Gasteiger partial charge in [-0.3, -0.25) is 0 Å². The average molecular weight is 339 g/mol. The van der Waals surface area contributed by atoms with Crippen LogP contribution in [-0.2, 0) is 10.0 Å². The molecule has 1 aromatic carbocycles. The van der Waals surface area contributed by atoms with Crippen molar-refractivity contribution in [3.63, 3.8) is 0 Å². The van der Waals surface area contributed by atoms with Crippen molar-refractivity contribution in [2.75, 3.05) is 18.5 Å². The van der Waals surface area contributed by atoms with Gasteiger partial charge >= 0.3 is 0 Å². The van der Waals surface area contributed by atoms with Crippen molar-refractivity contribution < 1.29 is 12.8 Å². The van der Waals surface area contributed by atoms with Crippen molar-refractivity contribution in [2.45, 2.75) is 28.9 Å². The molecule has 0 unspecified atom stereocenters. The van der Waals surface area contributed by atoms with Gasteiger partial charge in [0.05, 0.1) is 5.02 Å². The molecule has 1 aliphatic rings. The number of nitrogens with one attached hydrogen (secondary N) is 1. The lowest BCUT2D eigenvalue weighted by Crippen LogP contribution is -2.45. The molecule has 0 heterocycles. The maximum Gasteiger partial charge on any atom is 0.243 e. The van der Waals surface area contributed by atoms with Crippen LogP contribution in [0.3, 0.4) is 0 Å². The number of sulfonamides is 1. The van der Waals surface area contributed by atoms with Gasteiger partial charge in [-0.25, -0.2) is 17.5 Å². The zero-order valence-corrected chi connectivity index (χ0v) is 13.3. The van der Waals surface area contributed by atoms with E-state index in [4.69, 9.17) is 17.3 Å². The molecule has 1 fully saturated rings. The number of nitrogen functional groups attached to an aromatic ring is 1. The van der Waals surface area contributed by atoms with Gasteiger partial charge in [-0.1, -0.05) is 18.0 Å². The molecule has 1 saturated carbocycles. The molecule has 112 valence electrons. The number of anilines is 1. The lowest BCUT2D eigenvalue weighted by atomic mass is 9.84. The number of rotatable bonds is 5. The molecule has 1 aromatic rings. The SMILES string of the molecule is CSC1(CNS(=O)(=O)c2cc(N)cc(Cl)c2F)CCC1. The van der Waals surface area contributed by atoms with E-state index < -0.39 is 20.7 Å². The van der Waals surface area contributed by atoms with E-state index in [0.29, 0.717) is 0 Å². The van der Waals surface area contributed by atoms with Crippen LogP contribution in [0, 0.1) is 5.82 Å². The summed E-state index contributed by atoms with van der Waals surface area (Å²) >= 11 is 7.26. The molecule has 0 radical (unpaired) electrons. The number of benzene rings is 1. The number of thioether (sulfide) groups is 1. The third-order valence-electron chi connectivity index (χ3n) is 3.59. The molecule has 0 aliphatic heterocycles. The second-order valence-electron chi connectivity index (χ2n) is 4.88. The first-order valence-electron chi connectivity index (χ1n) is 6.09. The summed E-state index contributed by atoms with van der Waals surface area (Å²) in [4.78, 5) is -0.502. The van der Waals surface area contributed by atoms with Gasteiger partial charge in [-0.2, -0.15) is 11.8 Å². The van der Waals surface area contributed by atoms with Gasteiger partial charge in [0.1, 0.15) is 4.90 Å². The number of halogens is 2. The first-order chi connectivity index (χ1) is 9.30. The van der Waals surface area contributed by atoms with Crippen LogP contribution < -0.4 is 10.5 Å². The Hall–Kier alpha value is -0.500. The summed E-state index contributed by atoms with van der Waals surface area (Å²) in [7, 11) is -3.96. The van der Waals surface area contributed by atoms with Crippen LogP contribution in [0.25, 0.3) is 0 Å². The summed E-state index contributed by atoms with van der Waals surface area (Å²) in [6.45, 7) is 0.280. The van der Waals surface area contributed by atoms with Crippen LogP contribution in [0.5, 0.6) is 0 Å². The van der Waals surface area contributed by atoms with Gasteiger partial charge in [0, 0.05) is 17.0 Å². The Bertz CT molecular complexity index is 613. The molecular weight excluding hydrogens is 323 g/mol. The fourth-order valence-corrected chi connectivity index (χ4v) is 4.66. The van der Waals surface area contributed by atoms with Crippen LogP contribution in [0.4, 0.5) is 10.1 Å². The van der Waals surface area contributed by atoms with Crippen molar-refractivity contribution in [3.05, 3.63) is 23.0 Å². The fraction of sp³-hybridized carbons (Fsp3) is 0.500. The van der Waals surface area contributed by atoms with E-state index in [2.05, 4.69) is 4.72 Å². The molecule has 0 amide bonds. The summed E-state index contributed by atoms with van der Waals surface area (Å²) in [6.07, 6.45) is 4.94. The fourth-order valence-electron chi connectivity index (χ4n) is 2.11. The molecule has 4 nitrogen and oxygen atoms in total. The minimum atomic E-state index is -3.96. The Balaban J connectivity index is 2.23. The third-order valence-corrected chi connectivity index (χ3v) is 6.68. The van der Waals surface area contributed by atoms with Gasteiger partial charge in [0.15, 0.2) is 5.82 Å². The van der Waals surface area contributed by atoms with Gasteiger partial charge in [-0.05, 0) is 31.2 Å². The molecule has 0 saturated heterocycles. The standard InChI is InChI=1S/C12H16ClFN2O2S2/c1-19-12(3-2-4-12)7-16-20(17,18)10-6-8(15)5-9(13)11(10)14/h5-6,16H,2-4,7,15H2,1H3. The highest BCUT2D eigenvalue weighted by molar-refractivity contribution is 8.00. The summed E-state index contributed by atoms with van der Waals surface area (Å²) < 4.78 is 40.6. The van der Waals surface area contributed by atoms with E-state index in [1.54, 1.807) is 11.8 Å². The lowest BCUT2D eigenvalue weighted by molar-refractivity contribution is 0.361. The van der Waals surface area contributed by atoms with Crippen LogP contribution in [0.15, 0.2) is 17.0 Å². The van der Waals surface area contributed by atoms with Crippen LogP contribution in [0.2, 0.25) is 5.02 Å². The quantitative estimate of drug-likeness (QED) is 0.809. The Morgan fingerprint density at radius 1 is 1.50 bits per heavy atom. The van der Waals surface area contributed by atoms with E-state index in [1.807, 2.05) is 6.26 Å². The predicted octanol–water partition coefficient (Wildman–Crippen LogP) is 2.63. The monoisotopic (exact) mass is 338 g/mol. The minimum Gasteiger partial charge on any atom is -0.399 e. The minimum absolute atomic E-state index is 0.0757. The average Bonchev–Trinajstić information content (AvgIpc) is 2.32. The Kier molecular flexibility index (Phi) is 4.53. The second-order valence-corrected chi connectivity index (χ2v) is 8.30. The first kappa shape index (κ1) is 15.9. The van der Waals surface area contributed by atoms with E-state index in [1.165, 1.54) is 6.07 Å². The van der Waals surface area contributed by atoms with Gasteiger partial charge in [0.25, 0.3) is 0 Å². The van der Waals surface area contributed by atoms with Crippen molar-refractivity contribution in [2.24, 2.45) is 0 Å². The van der Waals surface area contributed by atoms with E-state index >= 15 is 0 Å². The number of hydrogen-bond acceptors (Lipinski definition) is 4. The smallest absolute Gasteiger partial charge is 0.243 e. The highest BCUT2D eigenvalue weighted by atomic mass is 35.5. The molecule has 0 bridgehead atoms. The normalized spacial score (nSPS) is 17.8. The lowest BCUT2D eigenvalue weighted by Gasteiger charge is -2.40. The summed E-state index contributed by atoms with van der Waals surface area (Å²) in [5.41, 5.74) is 5.63. The van der Waals surface area contributed by atoms with E-state index in [-0.39, 0.29) is 22.0 Å². The van der Waals surface area contributed by atoms with E-state index in [0.717, 1.165) is 25.3 Å². The van der Waals surface area contributed by atoms with Crippen molar-refractivity contribution >= 4 is 39.1 Å². The number of hydrogen-bond donors (Lipinski definition) is 2. The molecule has 0 spiro atoms. The van der Waals surface area contributed by atoms with Crippen molar-refractivity contribution in [1.82, 2.24) is 4.72 Å². The predicted molar refractivity (Wildman–Crippen MR) is 81.1 cm³/mol. The molecule has 1 aliphatic carbocycles. The van der Waals surface area contributed by atoms with Crippen molar-refractivity contribution in [3.8, 4) is 0 Å². The van der Waals surface area contributed by atoms with Gasteiger partial charge in [0.2, 0.25) is 10.0 Å².